The first-order valence-electron chi connectivity index (χ1n) is 5.59. The first kappa shape index (κ1) is 13.4. The van der Waals surface area contributed by atoms with E-state index in [9.17, 15) is 18.0 Å². The molecule has 1 aromatic heterocycles. The zero-order valence-electron chi connectivity index (χ0n) is 9.87. The van der Waals surface area contributed by atoms with Crippen molar-refractivity contribution in [1.29, 1.82) is 0 Å². The molecule has 1 aromatic carbocycles. The van der Waals surface area contributed by atoms with Gasteiger partial charge in [0.05, 0.1) is 5.56 Å². The van der Waals surface area contributed by atoms with E-state index < -0.39 is 28.9 Å². The number of carbonyl (C=O) groups is 1. The van der Waals surface area contributed by atoms with Crippen LogP contribution in [0.15, 0.2) is 30.6 Å². The molecule has 0 fully saturated rings. The molecule has 0 atom stereocenters. The molecular weight excluding hydrogens is 257 g/mol. The molecule has 6 heteroatoms. The van der Waals surface area contributed by atoms with E-state index in [1.807, 2.05) is 0 Å². The molecule has 0 unspecified atom stereocenters. The van der Waals surface area contributed by atoms with Crippen LogP contribution in [0.25, 0.3) is 0 Å². The largest absolute Gasteiger partial charge is 0.330 e. The minimum Gasteiger partial charge on any atom is -0.330 e. The van der Waals surface area contributed by atoms with Gasteiger partial charge in [-0.15, -0.1) is 0 Å². The number of carbonyl (C=O) groups excluding carboxylic acids is 1. The zero-order valence-corrected chi connectivity index (χ0v) is 9.87. The maximum absolute atomic E-state index is 13.5. The first-order valence-corrected chi connectivity index (χ1v) is 5.59. The highest BCUT2D eigenvalue weighted by Gasteiger charge is 2.19. The summed E-state index contributed by atoms with van der Waals surface area (Å²) in [6.07, 6.45) is 3.48. The summed E-state index contributed by atoms with van der Waals surface area (Å²) in [5, 5.41) is 0. The van der Waals surface area contributed by atoms with E-state index in [-0.39, 0.29) is 0 Å². The van der Waals surface area contributed by atoms with Gasteiger partial charge in [0.1, 0.15) is 0 Å². The van der Waals surface area contributed by atoms with Gasteiger partial charge < -0.3 is 5.73 Å². The number of hydrogen-bond donors (Lipinski definition) is 1. The molecule has 0 spiro atoms. The molecule has 2 N–H and O–H groups in total. The lowest BCUT2D eigenvalue weighted by Crippen LogP contribution is -2.13. The van der Waals surface area contributed by atoms with E-state index >= 15 is 0 Å². The van der Waals surface area contributed by atoms with Gasteiger partial charge in [0.25, 0.3) is 5.91 Å². The second-order valence-electron chi connectivity index (χ2n) is 3.99. The molecule has 2 aromatic rings. The van der Waals surface area contributed by atoms with E-state index in [4.69, 9.17) is 5.73 Å². The van der Waals surface area contributed by atoms with Gasteiger partial charge in [0.2, 0.25) is 0 Å². The third-order valence-corrected chi connectivity index (χ3v) is 2.69. The van der Waals surface area contributed by atoms with E-state index in [1.165, 1.54) is 12.4 Å². The van der Waals surface area contributed by atoms with E-state index in [1.54, 1.807) is 6.07 Å². The smallest absolute Gasteiger partial charge is 0.264 e. The van der Waals surface area contributed by atoms with E-state index in [0.29, 0.717) is 13.0 Å². The predicted molar refractivity (Wildman–Crippen MR) is 63.2 cm³/mol. The Kier molecular flexibility index (Phi) is 3.71. The number of halogens is 3. The van der Waals surface area contributed by atoms with Crippen molar-refractivity contribution in [2.75, 3.05) is 6.54 Å². The number of nitrogens with zero attached hydrogens (tertiary/aromatic N) is 1. The van der Waals surface area contributed by atoms with Crippen molar-refractivity contribution in [3.05, 3.63) is 59.2 Å². The lowest BCUT2D eigenvalue weighted by Gasteiger charge is -2.04. The van der Waals surface area contributed by atoms with Gasteiger partial charge in [0.15, 0.2) is 17.5 Å². The van der Waals surface area contributed by atoms with Crippen LogP contribution < -0.4 is 5.73 Å². The number of nitrogens with two attached hydrogens (primary N) is 1. The SMILES string of the molecule is NCCc1ccn(C(=O)c2ccc(F)c(F)c2F)c1. The van der Waals surface area contributed by atoms with Gasteiger partial charge in [-0.25, -0.2) is 13.2 Å². The molecule has 2 rings (SSSR count). The lowest BCUT2D eigenvalue weighted by atomic mass is 10.2. The van der Waals surface area contributed by atoms with Crippen LogP contribution in [0.3, 0.4) is 0 Å². The van der Waals surface area contributed by atoms with Crippen LogP contribution >= 0.6 is 0 Å². The van der Waals surface area contributed by atoms with Crippen LogP contribution in [0.5, 0.6) is 0 Å². The van der Waals surface area contributed by atoms with Crippen LogP contribution in [-0.4, -0.2) is 17.0 Å². The highest BCUT2D eigenvalue weighted by atomic mass is 19.2. The second kappa shape index (κ2) is 5.27. The van der Waals surface area contributed by atoms with E-state index in [0.717, 1.165) is 22.3 Å². The fourth-order valence-corrected chi connectivity index (χ4v) is 1.71. The molecule has 0 radical (unpaired) electrons. The number of hydrogen-bond acceptors (Lipinski definition) is 2. The van der Waals surface area contributed by atoms with Crippen LogP contribution in [0.4, 0.5) is 13.2 Å². The molecule has 0 aliphatic heterocycles. The van der Waals surface area contributed by atoms with Crippen molar-refractivity contribution >= 4 is 5.91 Å². The Morgan fingerprint density at radius 1 is 1.16 bits per heavy atom. The molecule has 19 heavy (non-hydrogen) atoms. The minimum absolute atomic E-state index is 0.414. The van der Waals surface area contributed by atoms with Crippen LogP contribution in [0.1, 0.15) is 15.9 Å². The van der Waals surface area contributed by atoms with Crippen LogP contribution in [-0.2, 0) is 6.42 Å². The van der Waals surface area contributed by atoms with Gasteiger partial charge in [-0.05, 0) is 36.7 Å². The normalized spacial score (nSPS) is 10.7. The Morgan fingerprint density at radius 2 is 1.89 bits per heavy atom. The maximum atomic E-state index is 13.5. The van der Waals surface area contributed by atoms with E-state index in [2.05, 4.69) is 0 Å². The second-order valence-corrected chi connectivity index (χ2v) is 3.99. The van der Waals surface area contributed by atoms with Gasteiger partial charge in [0, 0.05) is 12.4 Å². The molecule has 0 saturated carbocycles. The Bertz CT molecular complexity index is 622. The summed E-state index contributed by atoms with van der Waals surface area (Å²) in [6.45, 7) is 0.414. The summed E-state index contributed by atoms with van der Waals surface area (Å²) in [4.78, 5) is 12.0. The summed E-state index contributed by atoms with van der Waals surface area (Å²) in [6, 6.07) is 3.29. The molecule has 3 nitrogen and oxygen atoms in total. The van der Waals surface area contributed by atoms with Gasteiger partial charge in [-0.2, -0.15) is 0 Å². The van der Waals surface area contributed by atoms with Crippen molar-refractivity contribution in [1.82, 2.24) is 4.57 Å². The third kappa shape index (κ3) is 2.53. The molecular formula is C13H11F3N2O. The van der Waals surface area contributed by atoms with Crippen LogP contribution in [0, 0.1) is 17.5 Å². The van der Waals surface area contributed by atoms with Crippen molar-refractivity contribution < 1.29 is 18.0 Å². The highest BCUT2D eigenvalue weighted by Crippen LogP contribution is 2.17. The fraction of sp³-hybridized carbons (Fsp3) is 0.154. The zero-order chi connectivity index (χ0) is 14.0. The predicted octanol–water partition coefficient (Wildman–Crippen LogP) is 2.10. The minimum atomic E-state index is -1.65. The number of aromatic nitrogens is 1. The van der Waals surface area contributed by atoms with Gasteiger partial charge in [-0.3, -0.25) is 9.36 Å². The number of rotatable bonds is 3. The highest BCUT2D eigenvalue weighted by molar-refractivity contribution is 5.96. The molecule has 0 bridgehead atoms. The Morgan fingerprint density at radius 3 is 2.58 bits per heavy atom. The Hall–Kier alpha value is -2.08. The third-order valence-electron chi connectivity index (χ3n) is 2.69. The summed E-state index contributed by atoms with van der Waals surface area (Å²) in [5.74, 6) is -5.23. The van der Waals surface area contributed by atoms with Gasteiger partial charge in [-0.1, -0.05) is 0 Å². The molecule has 0 aliphatic rings. The first-order chi connectivity index (χ1) is 9.04. The van der Waals surface area contributed by atoms with Crippen molar-refractivity contribution in [2.45, 2.75) is 6.42 Å². The van der Waals surface area contributed by atoms with Crippen molar-refractivity contribution in [3.8, 4) is 0 Å². The number of benzene rings is 1. The summed E-state index contributed by atoms with van der Waals surface area (Å²) in [7, 11) is 0. The Balaban J connectivity index is 2.36. The molecule has 0 aliphatic carbocycles. The monoisotopic (exact) mass is 268 g/mol. The molecule has 0 saturated heterocycles. The molecule has 0 amide bonds. The van der Waals surface area contributed by atoms with Crippen molar-refractivity contribution in [2.24, 2.45) is 5.73 Å². The summed E-state index contributed by atoms with van der Waals surface area (Å²) >= 11 is 0. The quantitative estimate of drug-likeness (QED) is 0.866. The lowest BCUT2D eigenvalue weighted by molar-refractivity contribution is 0.0955. The summed E-state index contributed by atoms with van der Waals surface area (Å²) in [5.41, 5.74) is 5.66. The van der Waals surface area contributed by atoms with Crippen LogP contribution in [0.2, 0.25) is 0 Å². The topological polar surface area (TPSA) is 48.0 Å². The fourth-order valence-electron chi connectivity index (χ4n) is 1.71. The van der Waals surface area contributed by atoms with Gasteiger partial charge >= 0.3 is 0 Å². The molecule has 1 heterocycles. The Labute approximate surface area is 107 Å². The maximum Gasteiger partial charge on any atom is 0.264 e. The van der Waals surface area contributed by atoms with Crippen molar-refractivity contribution in [3.63, 3.8) is 0 Å². The summed E-state index contributed by atoms with van der Waals surface area (Å²) < 4.78 is 40.4. The molecule has 100 valence electrons. The average Bonchev–Trinajstić information content (AvgIpc) is 2.85. The average molecular weight is 268 g/mol. The standard InChI is InChI=1S/C13H11F3N2O/c14-10-2-1-9(11(15)12(10)16)13(19)18-6-4-8(7-18)3-5-17/h1-2,4,6-7H,3,5,17H2.